The Morgan fingerprint density at radius 1 is 1.25 bits per heavy atom. The molecule has 3 rings (SSSR count). The van der Waals surface area contributed by atoms with Gasteiger partial charge in [0.15, 0.2) is 0 Å². The van der Waals surface area contributed by atoms with Gasteiger partial charge in [-0.2, -0.15) is 0 Å². The molecule has 6 heteroatoms. The van der Waals surface area contributed by atoms with Crippen molar-refractivity contribution in [1.29, 1.82) is 0 Å². The van der Waals surface area contributed by atoms with Crippen LogP contribution in [0.15, 0.2) is 40.2 Å². The van der Waals surface area contributed by atoms with Crippen LogP contribution in [-0.4, -0.2) is 23.0 Å². The Labute approximate surface area is 127 Å². The standard InChI is InChI=1S/C14H10BrNO3S/c15-12-6-5-11(20-12)13(17)16-9-4-2-1-3-8(9)7-10(16)14(18)19/h1-6,10H,7H2,(H,18,19)/t10-/m0/s1. The maximum absolute atomic E-state index is 12.6. The van der Waals surface area contributed by atoms with Gasteiger partial charge in [0.2, 0.25) is 0 Å². The van der Waals surface area contributed by atoms with Crippen LogP contribution in [0.3, 0.4) is 0 Å². The summed E-state index contributed by atoms with van der Waals surface area (Å²) in [4.78, 5) is 25.9. The van der Waals surface area contributed by atoms with Crippen molar-refractivity contribution in [3.05, 3.63) is 50.6 Å². The Hall–Kier alpha value is -1.66. The van der Waals surface area contributed by atoms with Crippen LogP contribution < -0.4 is 4.90 Å². The number of nitrogens with zero attached hydrogens (tertiary/aromatic N) is 1. The van der Waals surface area contributed by atoms with Crippen molar-refractivity contribution in [3.8, 4) is 0 Å². The molecule has 1 aliphatic heterocycles. The number of aliphatic carboxylic acids is 1. The minimum atomic E-state index is -0.981. The third-order valence-corrected chi connectivity index (χ3v) is 4.88. The Morgan fingerprint density at radius 2 is 2.00 bits per heavy atom. The number of rotatable bonds is 2. The van der Waals surface area contributed by atoms with Crippen molar-refractivity contribution in [2.45, 2.75) is 12.5 Å². The van der Waals surface area contributed by atoms with E-state index in [2.05, 4.69) is 15.9 Å². The summed E-state index contributed by atoms with van der Waals surface area (Å²) < 4.78 is 0.847. The molecule has 20 heavy (non-hydrogen) atoms. The molecule has 1 aliphatic rings. The second-order valence-electron chi connectivity index (χ2n) is 4.47. The van der Waals surface area contributed by atoms with Crippen molar-refractivity contribution in [1.82, 2.24) is 0 Å². The largest absolute Gasteiger partial charge is 0.480 e. The number of para-hydroxylation sites is 1. The lowest BCUT2D eigenvalue weighted by Crippen LogP contribution is -2.42. The molecule has 1 aromatic carbocycles. The summed E-state index contributed by atoms with van der Waals surface area (Å²) in [5.74, 6) is -1.25. The lowest BCUT2D eigenvalue weighted by molar-refractivity contribution is -0.138. The molecule has 0 unspecified atom stereocenters. The van der Waals surface area contributed by atoms with Gasteiger partial charge in [-0.1, -0.05) is 18.2 Å². The number of hydrogen-bond acceptors (Lipinski definition) is 3. The lowest BCUT2D eigenvalue weighted by atomic mass is 10.1. The van der Waals surface area contributed by atoms with Crippen LogP contribution in [0.1, 0.15) is 15.2 Å². The van der Waals surface area contributed by atoms with Crippen molar-refractivity contribution < 1.29 is 14.7 Å². The first-order valence-corrected chi connectivity index (χ1v) is 7.58. The van der Waals surface area contributed by atoms with Crippen LogP contribution in [0.2, 0.25) is 0 Å². The summed E-state index contributed by atoms with van der Waals surface area (Å²) in [6.45, 7) is 0. The maximum Gasteiger partial charge on any atom is 0.327 e. The summed E-state index contributed by atoms with van der Waals surface area (Å²) in [5.41, 5.74) is 1.58. The van der Waals surface area contributed by atoms with Crippen molar-refractivity contribution in [2.75, 3.05) is 4.90 Å². The van der Waals surface area contributed by atoms with E-state index in [-0.39, 0.29) is 5.91 Å². The number of hydrogen-bond donors (Lipinski definition) is 1. The number of benzene rings is 1. The van der Waals surface area contributed by atoms with E-state index in [4.69, 9.17) is 0 Å². The molecule has 2 aromatic rings. The third-order valence-electron chi connectivity index (χ3n) is 3.26. The minimum Gasteiger partial charge on any atom is -0.480 e. The molecule has 0 radical (unpaired) electrons. The van der Waals surface area contributed by atoms with Crippen molar-refractivity contribution in [3.63, 3.8) is 0 Å². The second kappa shape index (κ2) is 5.03. The van der Waals surface area contributed by atoms with E-state index in [9.17, 15) is 14.7 Å². The number of halogens is 1. The molecule has 0 saturated carbocycles. The van der Waals surface area contributed by atoms with Gasteiger partial charge in [-0.3, -0.25) is 9.69 Å². The van der Waals surface area contributed by atoms with Gasteiger partial charge in [-0.05, 0) is 39.7 Å². The summed E-state index contributed by atoms with van der Waals surface area (Å²) in [5, 5.41) is 9.36. The van der Waals surface area contributed by atoms with Crippen molar-refractivity contribution >= 4 is 44.8 Å². The average molecular weight is 352 g/mol. The van der Waals surface area contributed by atoms with Gasteiger partial charge >= 0.3 is 5.97 Å². The van der Waals surface area contributed by atoms with E-state index >= 15 is 0 Å². The van der Waals surface area contributed by atoms with Crippen LogP contribution in [0, 0.1) is 0 Å². The molecular weight excluding hydrogens is 342 g/mol. The first-order chi connectivity index (χ1) is 9.58. The van der Waals surface area contributed by atoms with E-state index in [1.807, 2.05) is 18.2 Å². The molecular formula is C14H10BrNO3S. The molecule has 0 fully saturated rings. The van der Waals surface area contributed by atoms with Gasteiger partial charge in [0, 0.05) is 12.1 Å². The predicted molar refractivity (Wildman–Crippen MR) is 80.4 cm³/mol. The summed E-state index contributed by atoms with van der Waals surface area (Å²) in [7, 11) is 0. The number of carboxylic acid groups (broad SMARTS) is 1. The highest BCUT2D eigenvalue weighted by molar-refractivity contribution is 9.11. The van der Waals surface area contributed by atoms with E-state index in [0.29, 0.717) is 17.0 Å². The molecule has 4 nitrogen and oxygen atoms in total. The Bertz CT molecular complexity index is 697. The number of amides is 1. The number of carbonyl (C=O) groups excluding carboxylic acids is 1. The molecule has 1 N–H and O–H groups in total. The Balaban J connectivity index is 2.04. The molecule has 1 amide bonds. The van der Waals surface area contributed by atoms with Crippen molar-refractivity contribution in [2.24, 2.45) is 0 Å². The fourth-order valence-corrected chi connectivity index (χ4v) is 3.71. The number of fused-ring (bicyclic) bond motifs is 1. The zero-order valence-corrected chi connectivity index (χ0v) is 12.6. The van der Waals surface area contributed by atoms with Gasteiger partial charge in [0.25, 0.3) is 5.91 Å². The van der Waals surface area contributed by atoms with Gasteiger partial charge < -0.3 is 5.11 Å². The van der Waals surface area contributed by atoms with Gasteiger partial charge in [-0.25, -0.2) is 4.79 Å². The number of thiophene rings is 1. The van der Waals surface area contributed by atoms with Crippen LogP contribution in [0.5, 0.6) is 0 Å². The summed E-state index contributed by atoms with van der Waals surface area (Å²) in [6, 6.07) is 9.98. The van der Waals surface area contributed by atoms with E-state index < -0.39 is 12.0 Å². The molecule has 102 valence electrons. The fraction of sp³-hybridized carbons (Fsp3) is 0.143. The zero-order chi connectivity index (χ0) is 14.3. The normalized spacial score (nSPS) is 17.1. The molecule has 0 saturated heterocycles. The topological polar surface area (TPSA) is 57.6 Å². The molecule has 0 spiro atoms. The first-order valence-electron chi connectivity index (χ1n) is 5.97. The quantitative estimate of drug-likeness (QED) is 0.903. The van der Waals surface area contributed by atoms with Gasteiger partial charge in [0.1, 0.15) is 6.04 Å². The van der Waals surface area contributed by atoms with Crippen LogP contribution >= 0.6 is 27.3 Å². The molecule has 2 heterocycles. The number of carbonyl (C=O) groups is 2. The molecule has 1 aromatic heterocycles. The smallest absolute Gasteiger partial charge is 0.327 e. The van der Waals surface area contributed by atoms with E-state index in [0.717, 1.165) is 9.35 Å². The number of carboxylic acids is 1. The minimum absolute atomic E-state index is 0.266. The summed E-state index contributed by atoms with van der Waals surface area (Å²) >= 11 is 4.62. The highest BCUT2D eigenvalue weighted by Crippen LogP contribution is 2.35. The fourth-order valence-electron chi connectivity index (χ4n) is 2.38. The highest BCUT2D eigenvalue weighted by Gasteiger charge is 2.38. The predicted octanol–water partition coefficient (Wildman–Crippen LogP) is 3.17. The van der Waals surface area contributed by atoms with Crippen LogP contribution in [-0.2, 0) is 11.2 Å². The molecule has 1 atom stereocenters. The average Bonchev–Trinajstić information content (AvgIpc) is 3.01. The van der Waals surface area contributed by atoms with E-state index in [1.54, 1.807) is 18.2 Å². The lowest BCUT2D eigenvalue weighted by Gasteiger charge is -2.21. The first kappa shape index (κ1) is 13.3. The SMILES string of the molecule is O=C(O)[C@@H]1Cc2ccccc2N1C(=O)c1ccc(Br)s1. The monoisotopic (exact) mass is 351 g/mol. The third kappa shape index (κ3) is 2.14. The number of anilines is 1. The van der Waals surface area contributed by atoms with Crippen LogP contribution in [0.25, 0.3) is 0 Å². The zero-order valence-electron chi connectivity index (χ0n) is 10.2. The summed E-state index contributed by atoms with van der Waals surface area (Å²) in [6.07, 6.45) is 0.351. The van der Waals surface area contributed by atoms with E-state index in [1.165, 1.54) is 16.2 Å². The molecule has 0 aliphatic carbocycles. The Morgan fingerprint density at radius 3 is 2.65 bits per heavy atom. The second-order valence-corrected chi connectivity index (χ2v) is 6.93. The van der Waals surface area contributed by atoms with Gasteiger partial charge in [0.05, 0.1) is 8.66 Å². The van der Waals surface area contributed by atoms with Gasteiger partial charge in [-0.15, -0.1) is 11.3 Å². The highest BCUT2D eigenvalue weighted by atomic mass is 79.9. The maximum atomic E-state index is 12.6. The molecule has 0 bridgehead atoms. The van der Waals surface area contributed by atoms with Crippen LogP contribution in [0.4, 0.5) is 5.69 Å². The Kier molecular flexibility index (Phi) is 3.35.